The molecule has 0 fully saturated rings. The van der Waals surface area contributed by atoms with Crippen LogP contribution in [0.15, 0.2) is 46.9 Å². The zero-order valence-corrected chi connectivity index (χ0v) is 17.5. The highest BCUT2D eigenvalue weighted by atomic mass is 79.9. The lowest BCUT2D eigenvalue weighted by atomic mass is 10.2. The van der Waals surface area contributed by atoms with Crippen LogP contribution in [0.4, 0.5) is 5.69 Å². The maximum absolute atomic E-state index is 11.9. The summed E-state index contributed by atoms with van der Waals surface area (Å²) in [6.07, 6.45) is 0. The Hall–Kier alpha value is -1.97. The van der Waals surface area contributed by atoms with Crippen molar-refractivity contribution in [1.82, 2.24) is 10.9 Å². The number of anilines is 1. The maximum atomic E-state index is 11.9. The van der Waals surface area contributed by atoms with Crippen molar-refractivity contribution in [2.24, 2.45) is 0 Å². The summed E-state index contributed by atoms with van der Waals surface area (Å²) in [5, 5.41) is 3.28. The first kappa shape index (κ1) is 19.8. The average molecular weight is 468 g/mol. The number of hydrogen-bond acceptors (Lipinski definition) is 5. The predicted octanol–water partition coefficient (Wildman–Crippen LogP) is 3.47. The molecule has 6 nitrogen and oxygen atoms in total. The van der Waals surface area contributed by atoms with E-state index in [-0.39, 0.29) is 11.0 Å². The number of ether oxygens (including phenoxy) is 2. The molecule has 0 aromatic heterocycles. The van der Waals surface area contributed by atoms with Crippen molar-refractivity contribution < 1.29 is 14.3 Å². The number of rotatable bonds is 5. The van der Waals surface area contributed by atoms with Gasteiger partial charge in [-0.2, -0.15) is 0 Å². The van der Waals surface area contributed by atoms with Gasteiger partial charge in [-0.05, 0) is 42.0 Å². The summed E-state index contributed by atoms with van der Waals surface area (Å²) in [5.41, 5.74) is 7.19. The summed E-state index contributed by atoms with van der Waals surface area (Å²) < 4.78 is 12.0. The number of nitrogens with one attached hydrogen (secondary N) is 3. The van der Waals surface area contributed by atoms with Crippen LogP contribution < -0.4 is 25.6 Å². The van der Waals surface area contributed by atoms with E-state index in [1.54, 1.807) is 6.07 Å². The van der Waals surface area contributed by atoms with Gasteiger partial charge in [0.15, 0.2) is 16.6 Å². The molecular weight excluding hydrogens is 450 g/mol. The summed E-state index contributed by atoms with van der Waals surface area (Å²) >= 11 is 10.1. The second-order valence-corrected chi connectivity index (χ2v) is 7.91. The van der Waals surface area contributed by atoms with Crippen molar-refractivity contribution in [1.29, 1.82) is 0 Å². The molecule has 3 N–H and O–H groups in total. The van der Waals surface area contributed by atoms with Crippen LogP contribution in [-0.4, -0.2) is 30.0 Å². The number of carbonyl (C=O) groups is 1. The van der Waals surface area contributed by atoms with Crippen molar-refractivity contribution in [3.63, 3.8) is 0 Å². The minimum Gasteiger partial charge on any atom is -0.486 e. The van der Waals surface area contributed by atoms with E-state index in [0.717, 1.165) is 15.9 Å². The number of halogens is 1. The van der Waals surface area contributed by atoms with Crippen molar-refractivity contribution in [2.45, 2.75) is 5.75 Å². The lowest BCUT2D eigenvalue weighted by Gasteiger charge is -2.19. The first-order valence-corrected chi connectivity index (χ1v) is 10.5. The summed E-state index contributed by atoms with van der Waals surface area (Å²) in [6.45, 7) is 1.07. The van der Waals surface area contributed by atoms with Gasteiger partial charge in [-0.1, -0.05) is 28.1 Å². The van der Waals surface area contributed by atoms with Gasteiger partial charge in [0, 0.05) is 22.0 Å². The number of amides is 1. The Morgan fingerprint density at radius 1 is 1.07 bits per heavy atom. The van der Waals surface area contributed by atoms with Crippen LogP contribution in [0.5, 0.6) is 11.5 Å². The van der Waals surface area contributed by atoms with Gasteiger partial charge in [0.25, 0.3) is 0 Å². The molecule has 1 amide bonds. The van der Waals surface area contributed by atoms with Gasteiger partial charge in [-0.3, -0.25) is 15.6 Å². The normalized spacial score (nSPS) is 12.2. The van der Waals surface area contributed by atoms with Gasteiger partial charge in [0.05, 0.1) is 5.75 Å². The minimum absolute atomic E-state index is 0.150. The van der Waals surface area contributed by atoms with E-state index >= 15 is 0 Å². The number of carbonyl (C=O) groups excluding carboxylic acids is 1. The molecular formula is C18H18BrN3O3S2. The molecule has 2 aromatic carbocycles. The Morgan fingerprint density at radius 3 is 2.59 bits per heavy atom. The number of hydrazine groups is 1. The van der Waals surface area contributed by atoms with E-state index in [9.17, 15) is 4.79 Å². The molecule has 27 heavy (non-hydrogen) atoms. The molecule has 0 radical (unpaired) electrons. The first-order valence-electron chi connectivity index (χ1n) is 8.18. The number of fused-ring (bicyclic) bond motifs is 1. The summed E-state index contributed by atoms with van der Waals surface area (Å²) in [5.74, 6) is 2.32. The van der Waals surface area contributed by atoms with Crippen LogP contribution in [0.2, 0.25) is 0 Å². The second-order valence-electron chi connectivity index (χ2n) is 5.61. The van der Waals surface area contributed by atoms with Crippen LogP contribution >= 0.6 is 39.9 Å². The van der Waals surface area contributed by atoms with Crippen LogP contribution in [0.25, 0.3) is 0 Å². The molecule has 2 aromatic rings. The van der Waals surface area contributed by atoms with Gasteiger partial charge in [-0.15, -0.1) is 11.8 Å². The van der Waals surface area contributed by atoms with Gasteiger partial charge in [0.1, 0.15) is 13.2 Å². The van der Waals surface area contributed by atoms with Crippen LogP contribution in [0.3, 0.4) is 0 Å². The van der Waals surface area contributed by atoms with Gasteiger partial charge >= 0.3 is 0 Å². The molecule has 1 aliphatic rings. The third-order valence-corrected chi connectivity index (χ3v) is 5.27. The number of hydrogen-bond donors (Lipinski definition) is 3. The Kier molecular flexibility index (Phi) is 7.19. The molecule has 0 bridgehead atoms. The maximum Gasteiger partial charge on any atom is 0.248 e. The number of thiocarbonyl (C=S) groups is 1. The molecule has 0 saturated carbocycles. The molecule has 0 spiro atoms. The summed E-state index contributed by atoms with van der Waals surface area (Å²) in [6, 6.07) is 13.5. The average Bonchev–Trinajstić information content (AvgIpc) is 2.68. The molecule has 0 saturated heterocycles. The monoisotopic (exact) mass is 467 g/mol. The molecule has 1 aliphatic heterocycles. The Morgan fingerprint density at radius 2 is 1.81 bits per heavy atom. The van der Waals surface area contributed by atoms with Gasteiger partial charge < -0.3 is 14.8 Å². The molecule has 0 unspecified atom stereocenters. The zero-order valence-electron chi connectivity index (χ0n) is 14.3. The van der Waals surface area contributed by atoms with Crippen molar-refractivity contribution in [2.75, 3.05) is 24.3 Å². The fourth-order valence-electron chi connectivity index (χ4n) is 2.29. The van der Waals surface area contributed by atoms with Crippen molar-refractivity contribution in [3.05, 3.63) is 52.5 Å². The molecule has 0 aliphatic carbocycles. The smallest absolute Gasteiger partial charge is 0.248 e. The van der Waals surface area contributed by atoms with Gasteiger partial charge in [0.2, 0.25) is 5.91 Å². The highest BCUT2D eigenvalue weighted by Gasteiger charge is 2.12. The van der Waals surface area contributed by atoms with E-state index in [4.69, 9.17) is 21.7 Å². The molecule has 0 atom stereocenters. The highest BCUT2D eigenvalue weighted by Crippen LogP contribution is 2.32. The Bertz CT molecular complexity index is 818. The molecule has 3 rings (SSSR count). The quantitative estimate of drug-likeness (QED) is 0.459. The first-order chi connectivity index (χ1) is 13.1. The third-order valence-electron chi connectivity index (χ3n) is 3.53. The highest BCUT2D eigenvalue weighted by molar-refractivity contribution is 9.10. The van der Waals surface area contributed by atoms with Crippen LogP contribution in [-0.2, 0) is 10.5 Å². The molecule has 142 valence electrons. The SMILES string of the molecule is O=C(CSCc1ccc(Br)cc1)NNC(=S)Nc1ccc2c(c1)OCCO2. The molecule has 9 heteroatoms. The second kappa shape index (κ2) is 9.82. The summed E-state index contributed by atoms with van der Waals surface area (Å²) in [4.78, 5) is 11.9. The topological polar surface area (TPSA) is 71.6 Å². The van der Waals surface area contributed by atoms with E-state index in [1.807, 2.05) is 36.4 Å². The largest absolute Gasteiger partial charge is 0.486 e. The fraction of sp³-hybridized carbons (Fsp3) is 0.222. The number of benzene rings is 2. The van der Waals surface area contributed by atoms with Crippen molar-refractivity contribution in [3.8, 4) is 11.5 Å². The van der Waals surface area contributed by atoms with E-state index < -0.39 is 0 Å². The predicted molar refractivity (Wildman–Crippen MR) is 115 cm³/mol. The van der Waals surface area contributed by atoms with Crippen molar-refractivity contribution >= 4 is 56.6 Å². The van der Waals surface area contributed by atoms with Crippen LogP contribution in [0.1, 0.15) is 5.56 Å². The minimum atomic E-state index is -0.150. The lowest BCUT2D eigenvalue weighted by molar-refractivity contribution is -0.119. The third kappa shape index (κ3) is 6.30. The summed E-state index contributed by atoms with van der Waals surface area (Å²) in [7, 11) is 0. The lowest BCUT2D eigenvalue weighted by Crippen LogP contribution is -2.44. The zero-order chi connectivity index (χ0) is 19.1. The van der Waals surface area contributed by atoms with E-state index in [1.165, 1.54) is 17.3 Å². The Balaban J connectivity index is 1.37. The van der Waals surface area contributed by atoms with Gasteiger partial charge in [-0.25, -0.2) is 0 Å². The Labute approximate surface area is 175 Å². The van der Waals surface area contributed by atoms with Crippen LogP contribution in [0, 0.1) is 0 Å². The fourth-order valence-corrected chi connectivity index (χ4v) is 3.51. The standard InChI is InChI=1S/C18H18BrN3O3S2/c19-13-3-1-12(2-4-13)10-27-11-17(23)21-22-18(26)20-14-5-6-15-16(9-14)25-8-7-24-15/h1-6,9H,7-8,10-11H2,(H,21,23)(H2,20,22,26). The van der Waals surface area contributed by atoms with E-state index in [2.05, 4.69) is 32.1 Å². The van der Waals surface area contributed by atoms with E-state index in [0.29, 0.717) is 30.5 Å². The number of thioether (sulfide) groups is 1. The molecule has 1 heterocycles.